The largest absolute Gasteiger partial charge is 0.356 e. The molecule has 8 nitrogen and oxygen atoms in total. The minimum atomic E-state index is -3.67. The van der Waals surface area contributed by atoms with Gasteiger partial charge in [0.2, 0.25) is 26.0 Å². The first-order valence-electron chi connectivity index (χ1n) is 13.2. The minimum absolute atomic E-state index is 0.0988. The molecule has 1 aliphatic rings. The predicted octanol–water partition coefficient (Wildman–Crippen LogP) is 3.80. The molecule has 39 heavy (non-hydrogen) atoms. The molecule has 1 atom stereocenters. The lowest BCUT2D eigenvalue weighted by molar-refractivity contribution is -0.121. The number of carbonyl (C=O) groups is 1. The zero-order valence-electron chi connectivity index (χ0n) is 22.0. The van der Waals surface area contributed by atoms with E-state index < -0.39 is 20.0 Å². The van der Waals surface area contributed by atoms with Crippen LogP contribution in [0.15, 0.2) is 88.7 Å². The van der Waals surface area contributed by atoms with Gasteiger partial charge in [0.05, 0.1) is 9.79 Å². The first-order valence-corrected chi connectivity index (χ1v) is 16.1. The highest BCUT2D eigenvalue weighted by Gasteiger charge is 2.26. The Bertz CT molecular complexity index is 1450. The molecule has 0 radical (unpaired) electrons. The third-order valence-electron chi connectivity index (χ3n) is 6.87. The molecule has 1 fully saturated rings. The summed E-state index contributed by atoms with van der Waals surface area (Å²) in [6.07, 6.45) is 3.16. The van der Waals surface area contributed by atoms with E-state index in [9.17, 15) is 21.6 Å². The molecule has 1 saturated heterocycles. The standard InChI is InChI=1S/C29H35N3O5S2/c1-23(26-7-3-2-4-8-26)31-38(34,35)27-14-9-24(10-15-27)13-18-29(33)30-20-19-25-11-16-28(17-12-25)39(36,37)32-21-5-6-22-32/h2-4,7-12,14-17,23,31H,5-6,13,18-22H2,1H3,(H,30,33). The van der Waals surface area contributed by atoms with Gasteiger partial charge in [0, 0.05) is 32.1 Å². The summed E-state index contributed by atoms with van der Waals surface area (Å²) < 4.78 is 55.0. The second-order valence-corrected chi connectivity index (χ2v) is 13.4. The summed E-state index contributed by atoms with van der Waals surface area (Å²) in [5, 5.41) is 2.89. The van der Waals surface area contributed by atoms with Crippen LogP contribution < -0.4 is 10.0 Å². The van der Waals surface area contributed by atoms with Crippen molar-refractivity contribution >= 4 is 26.0 Å². The van der Waals surface area contributed by atoms with Crippen molar-refractivity contribution in [3.8, 4) is 0 Å². The van der Waals surface area contributed by atoms with Crippen LogP contribution in [0.25, 0.3) is 0 Å². The van der Waals surface area contributed by atoms with Crippen LogP contribution in [0.1, 0.15) is 48.9 Å². The van der Waals surface area contributed by atoms with Crippen LogP contribution >= 0.6 is 0 Å². The zero-order chi connectivity index (χ0) is 27.9. The maximum absolute atomic E-state index is 12.7. The molecule has 208 valence electrons. The number of carbonyl (C=O) groups excluding carboxylic acids is 1. The maximum atomic E-state index is 12.7. The average Bonchev–Trinajstić information content (AvgIpc) is 3.49. The highest BCUT2D eigenvalue weighted by Crippen LogP contribution is 2.21. The highest BCUT2D eigenvalue weighted by atomic mass is 32.2. The summed E-state index contributed by atoms with van der Waals surface area (Å²) in [7, 11) is -7.10. The van der Waals surface area contributed by atoms with Gasteiger partial charge in [-0.05, 0) is 73.6 Å². The lowest BCUT2D eigenvalue weighted by Crippen LogP contribution is -2.28. The Kier molecular flexibility index (Phi) is 9.55. The number of nitrogens with zero attached hydrogens (tertiary/aromatic N) is 1. The molecule has 3 aromatic rings. The molecule has 0 aliphatic carbocycles. The number of aryl methyl sites for hydroxylation is 1. The van der Waals surface area contributed by atoms with E-state index in [0.717, 1.165) is 29.5 Å². The molecule has 0 saturated carbocycles. The van der Waals surface area contributed by atoms with Gasteiger partial charge in [0.15, 0.2) is 0 Å². The van der Waals surface area contributed by atoms with Crippen molar-refractivity contribution in [2.75, 3.05) is 19.6 Å². The lowest BCUT2D eigenvalue weighted by atomic mass is 10.1. The Balaban J connectivity index is 1.21. The summed E-state index contributed by atoms with van der Waals surface area (Å²) in [5.74, 6) is -0.0988. The van der Waals surface area contributed by atoms with E-state index >= 15 is 0 Å². The molecule has 0 aromatic heterocycles. The quantitative estimate of drug-likeness (QED) is 0.345. The van der Waals surface area contributed by atoms with Crippen LogP contribution in [0.3, 0.4) is 0 Å². The van der Waals surface area contributed by atoms with Crippen LogP contribution in [-0.4, -0.2) is 46.7 Å². The van der Waals surface area contributed by atoms with E-state index in [1.165, 1.54) is 4.31 Å². The number of amides is 1. The van der Waals surface area contributed by atoms with Gasteiger partial charge in [-0.1, -0.05) is 54.6 Å². The Morgan fingerprint density at radius 2 is 1.36 bits per heavy atom. The number of benzene rings is 3. The van der Waals surface area contributed by atoms with Crippen LogP contribution in [0.2, 0.25) is 0 Å². The molecule has 2 N–H and O–H groups in total. The molecule has 4 rings (SSSR count). The van der Waals surface area contributed by atoms with Crippen molar-refractivity contribution < 1.29 is 21.6 Å². The summed E-state index contributed by atoms with van der Waals surface area (Å²) >= 11 is 0. The molecular weight excluding hydrogens is 534 g/mol. The molecular formula is C29H35N3O5S2. The number of nitrogens with one attached hydrogen (secondary N) is 2. The number of rotatable bonds is 12. The van der Waals surface area contributed by atoms with Crippen LogP contribution in [0.4, 0.5) is 0 Å². The molecule has 1 unspecified atom stereocenters. The van der Waals surface area contributed by atoms with Gasteiger partial charge in [-0.15, -0.1) is 0 Å². The van der Waals surface area contributed by atoms with Crippen LogP contribution in [0.5, 0.6) is 0 Å². The van der Waals surface area contributed by atoms with E-state index in [1.54, 1.807) is 55.5 Å². The molecule has 3 aromatic carbocycles. The second-order valence-electron chi connectivity index (χ2n) is 9.75. The Labute approximate surface area is 231 Å². The van der Waals surface area contributed by atoms with Gasteiger partial charge >= 0.3 is 0 Å². The van der Waals surface area contributed by atoms with E-state index in [0.29, 0.717) is 37.4 Å². The van der Waals surface area contributed by atoms with Crippen LogP contribution in [0, 0.1) is 0 Å². The second kappa shape index (κ2) is 12.9. The van der Waals surface area contributed by atoms with Crippen LogP contribution in [-0.2, 0) is 37.7 Å². The van der Waals surface area contributed by atoms with E-state index in [1.807, 2.05) is 30.3 Å². The van der Waals surface area contributed by atoms with E-state index in [4.69, 9.17) is 0 Å². The van der Waals surface area contributed by atoms with E-state index in [-0.39, 0.29) is 23.3 Å². The normalized spacial score (nSPS) is 15.2. The first-order chi connectivity index (χ1) is 18.6. The fourth-order valence-electron chi connectivity index (χ4n) is 4.54. The third kappa shape index (κ3) is 7.76. The first kappa shape index (κ1) is 28.9. The maximum Gasteiger partial charge on any atom is 0.243 e. The molecule has 10 heteroatoms. The van der Waals surface area contributed by atoms with Gasteiger partial charge in [-0.25, -0.2) is 21.6 Å². The predicted molar refractivity (Wildman–Crippen MR) is 151 cm³/mol. The minimum Gasteiger partial charge on any atom is -0.356 e. The Morgan fingerprint density at radius 1 is 0.795 bits per heavy atom. The molecule has 1 heterocycles. The highest BCUT2D eigenvalue weighted by molar-refractivity contribution is 7.89. The summed E-state index contributed by atoms with van der Waals surface area (Å²) in [5.41, 5.74) is 2.70. The van der Waals surface area contributed by atoms with Crippen molar-refractivity contribution in [1.82, 2.24) is 14.3 Å². The van der Waals surface area contributed by atoms with Crippen molar-refractivity contribution in [3.63, 3.8) is 0 Å². The SMILES string of the molecule is CC(NS(=O)(=O)c1ccc(CCC(=O)NCCc2ccc(S(=O)(=O)N3CCCC3)cc2)cc1)c1ccccc1. The van der Waals surface area contributed by atoms with Crippen molar-refractivity contribution in [1.29, 1.82) is 0 Å². The fraction of sp³-hybridized carbons (Fsp3) is 0.345. The van der Waals surface area contributed by atoms with E-state index in [2.05, 4.69) is 10.0 Å². The van der Waals surface area contributed by atoms with Crippen molar-refractivity contribution in [2.45, 2.75) is 54.9 Å². The van der Waals surface area contributed by atoms with Gasteiger partial charge in [0.25, 0.3) is 0 Å². The molecule has 1 aliphatic heterocycles. The smallest absolute Gasteiger partial charge is 0.243 e. The average molecular weight is 570 g/mol. The number of hydrogen-bond donors (Lipinski definition) is 2. The molecule has 0 spiro atoms. The van der Waals surface area contributed by atoms with Gasteiger partial charge in [-0.2, -0.15) is 4.31 Å². The molecule has 1 amide bonds. The zero-order valence-corrected chi connectivity index (χ0v) is 23.7. The number of sulfonamides is 2. The lowest BCUT2D eigenvalue weighted by Gasteiger charge is -2.15. The third-order valence-corrected chi connectivity index (χ3v) is 10.3. The van der Waals surface area contributed by atoms with Gasteiger partial charge in [-0.3, -0.25) is 4.79 Å². The Morgan fingerprint density at radius 3 is 1.97 bits per heavy atom. The van der Waals surface area contributed by atoms with Crippen molar-refractivity contribution in [3.05, 3.63) is 95.6 Å². The van der Waals surface area contributed by atoms with Crippen molar-refractivity contribution in [2.24, 2.45) is 0 Å². The number of hydrogen-bond acceptors (Lipinski definition) is 5. The fourth-order valence-corrected chi connectivity index (χ4v) is 7.29. The van der Waals surface area contributed by atoms with Gasteiger partial charge in [0.1, 0.15) is 0 Å². The summed E-state index contributed by atoms with van der Waals surface area (Å²) in [4.78, 5) is 12.8. The molecule has 0 bridgehead atoms. The Hall–Kier alpha value is -3.05. The van der Waals surface area contributed by atoms with Gasteiger partial charge < -0.3 is 5.32 Å². The monoisotopic (exact) mass is 569 g/mol. The topological polar surface area (TPSA) is 113 Å². The summed E-state index contributed by atoms with van der Waals surface area (Å²) in [6.45, 7) is 3.39. The summed E-state index contributed by atoms with van der Waals surface area (Å²) in [6, 6.07) is 22.4.